The van der Waals surface area contributed by atoms with Crippen LogP contribution < -0.4 is 0 Å². The number of carboxylic acids is 1. The summed E-state index contributed by atoms with van der Waals surface area (Å²) in [4.78, 5) is 21.5. The lowest BCUT2D eigenvalue weighted by atomic mass is 9.93. The molecule has 4 nitrogen and oxygen atoms in total. The van der Waals surface area contributed by atoms with E-state index in [1.54, 1.807) is 0 Å². The first-order valence-corrected chi connectivity index (χ1v) is 5.41. The molecular weight excluding hydrogens is 208 g/mol. The molecule has 1 unspecified atom stereocenters. The topological polar surface area (TPSA) is 63.6 Å². The Balaban J connectivity index is 4.25. The van der Waals surface area contributed by atoms with E-state index in [2.05, 4.69) is 13.8 Å². The van der Waals surface area contributed by atoms with E-state index in [-0.39, 0.29) is 0 Å². The van der Waals surface area contributed by atoms with Crippen LogP contribution in [-0.2, 0) is 14.3 Å². The van der Waals surface area contributed by atoms with Gasteiger partial charge < -0.3 is 9.84 Å². The Labute approximate surface area is 96.3 Å². The van der Waals surface area contributed by atoms with Gasteiger partial charge in [0, 0.05) is 12.2 Å². The molecule has 4 heteroatoms. The van der Waals surface area contributed by atoms with Crippen molar-refractivity contribution >= 4 is 11.9 Å². The number of carboxylic acid groups (broad SMARTS) is 1. The average molecular weight is 228 g/mol. The van der Waals surface area contributed by atoms with Crippen molar-refractivity contribution in [3.63, 3.8) is 0 Å². The molecule has 0 amide bonds. The Morgan fingerprint density at radius 1 is 1.38 bits per heavy atom. The number of carbonyl (C=O) groups excluding carboxylic acids is 1. The predicted octanol–water partition coefficient (Wildman–Crippen LogP) is 2.39. The number of ether oxygens (including phenoxy) is 1. The van der Waals surface area contributed by atoms with Gasteiger partial charge in [0.1, 0.15) is 5.60 Å². The molecule has 92 valence electrons. The molecule has 0 bridgehead atoms. The standard InChI is InChI=1S/C12H20O4/c1-5-9(2)8-12(3,4)16-11(15)7-6-10(13)14/h6-7,9H,5,8H2,1-4H3,(H,13,14). The number of hydrogen-bond donors (Lipinski definition) is 1. The van der Waals surface area contributed by atoms with Crippen molar-refractivity contribution in [2.24, 2.45) is 5.92 Å². The largest absolute Gasteiger partial charge is 0.478 e. The van der Waals surface area contributed by atoms with Crippen LogP contribution in [0.1, 0.15) is 40.5 Å². The molecule has 0 aliphatic carbocycles. The molecule has 0 aromatic heterocycles. The molecule has 0 aromatic rings. The predicted molar refractivity (Wildman–Crippen MR) is 61.0 cm³/mol. The highest BCUT2D eigenvalue weighted by Crippen LogP contribution is 2.22. The molecule has 0 heterocycles. The van der Waals surface area contributed by atoms with Gasteiger partial charge in [-0.05, 0) is 26.2 Å². The van der Waals surface area contributed by atoms with Gasteiger partial charge in [-0.15, -0.1) is 0 Å². The minimum Gasteiger partial charge on any atom is -0.478 e. The van der Waals surface area contributed by atoms with Crippen LogP contribution in [0.25, 0.3) is 0 Å². The van der Waals surface area contributed by atoms with Gasteiger partial charge in [-0.1, -0.05) is 20.3 Å². The number of carbonyl (C=O) groups is 2. The van der Waals surface area contributed by atoms with Gasteiger partial charge in [-0.3, -0.25) is 0 Å². The summed E-state index contributed by atoms with van der Waals surface area (Å²) in [6, 6.07) is 0. The van der Waals surface area contributed by atoms with E-state index in [4.69, 9.17) is 9.84 Å². The lowest BCUT2D eigenvalue weighted by molar-refractivity contribution is -0.152. The van der Waals surface area contributed by atoms with Crippen molar-refractivity contribution in [3.8, 4) is 0 Å². The van der Waals surface area contributed by atoms with E-state index >= 15 is 0 Å². The first-order valence-electron chi connectivity index (χ1n) is 5.41. The minimum atomic E-state index is -1.16. The van der Waals surface area contributed by atoms with Crippen LogP contribution in [0.4, 0.5) is 0 Å². The highest BCUT2D eigenvalue weighted by Gasteiger charge is 2.23. The van der Waals surface area contributed by atoms with E-state index in [1.807, 2.05) is 13.8 Å². The Morgan fingerprint density at radius 3 is 2.38 bits per heavy atom. The monoisotopic (exact) mass is 228 g/mol. The van der Waals surface area contributed by atoms with E-state index in [1.165, 1.54) is 0 Å². The van der Waals surface area contributed by atoms with E-state index < -0.39 is 17.5 Å². The molecular formula is C12H20O4. The summed E-state index contributed by atoms with van der Waals surface area (Å²) in [7, 11) is 0. The normalized spacial score (nSPS) is 13.8. The first-order chi connectivity index (χ1) is 7.26. The van der Waals surface area contributed by atoms with Crippen LogP contribution in [0.2, 0.25) is 0 Å². The molecule has 0 radical (unpaired) electrons. The maximum absolute atomic E-state index is 11.3. The van der Waals surface area contributed by atoms with Crippen molar-refractivity contribution < 1.29 is 19.4 Å². The maximum Gasteiger partial charge on any atom is 0.331 e. The summed E-state index contributed by atoms with van der Waals surface area (Å²) in [6.45, 7) is 7.81. The summed E-state index contributed by atoms with van der Waals surface area (Å²) in [5, 5.41) is 8.35. The highest BCUT2D eigenvalue weighted by molar-refractivity contribution is 5.90. The Kier molecular flexibility index (Phi) is 5.78. The summed E-state index contributed by atoms with van der Waals surface area (Å²) >= 11 is 0. The molecule has 0 aromatic carbocycles. The highest BCUT2D eigenvalue weighted by atomic mass is 16.6. The number of esters is 1. The van der Waals surface area contributed by atoms with Gasteiger partial charge in [-0.2, -0.15) is 0 Å². The van der Waals surface area contributed by atoms with E-state index in [0.717, 1.165) is 25.0 Å². The van der Waals surface area contributed by atoms with Crippen LogP contribution in [-0.4, -0.2) is 22.6 Å². The van der Waals surface area contributed by atoms with Crippen LogP contribution in [0.15, 0.2) is 12.2 Å². The number of rotatable bonds is 6. The summed E-state index contributed by atoms with van der Waals surface area (Å²) in [6.07, 6.45) is 3.49. The molecule has 16 heavy (non-hydrogen) atoms. The van der Waals surface area contributed by atoms with Crippen molar-refractivity contribution in [2.75, 3.05) is 0 Å². The second-order valence-electron chi connectivity index (χ2n) is 4.57. The summed E-state index contributed by atoms with van der Waals surface area (Å²) in [5.74, 6) is -1.31. The van der Waals surface area contributed by atoms with Crippen molar-refractivity contribution in [1.29, 1.82) is 0 Å². The quantitative estimate of drug-likeness (QED) is 0.560. The van der Waals surface area contributed by atoms with Crippen LogP contribution in [0, 0.1) is 5.92 Å². The molecule has 0 rings (SSSR count). The van der Waals surface area contributed by atoms with Crippen molar-refractivity contribution in [2.45, 2.75) is 46.1 Å². The Hall–Kier alpha value is -1.32. The van der Waals surface area contributed by atoms with Crippen LogP contribution in [0.5, 0.6) is 0 Å². The third kappa shape index (κ3) is 7.04. The van der Waals surface area contributed by atoms with Crippen molar-refractivity contribution in [1.82, 2.24) is 0 Å². The Bertz CT molecular complexity index is 279. The molecule has 1 atom stereocenters. The zero-order valence-electron chi connectivity index (χ0n) is 10.3. The molecule has 0 aliphatic heterocycles. The maximum atomic E-state index is 11.3. The third-order valence-electron chi connectivity index (χ3n) is 2.28. The van der Waals surface area contributed by atoms with Gasteiger partial charge in [0.25, 0.3) is 0 Å². The van der Waals surface area contributed by atoms with Gasteiger partial charge in [0.2, 0.25) is 0 Å². The first kappa shape index (κ1) is 14.7. The van der Waals surface area contributed by atoms with Crippen LogP contribution in [0.3, 0.4) is 0 Å². The average Bonchev–Trinajstić information content (AvgIpc) is 2.13. The van der Waals surface area contributed by atoms with Gasteiger partial charge in [0.05, 0.1) is 0 Å². The molecule has 0 aliphatic rings. The van der Waals surface area contributed by atoms with Gasteiger partial charge in [0.15, 0.2) is 0 Å². The molecule has 0 saturated carbocycles. The minimum absolute atomic E-state index is 0.464. The SMILES string of the molecule is CCC(C)CC(C)(C)OC(=O)C=CC(=O)O. The number of hydrogen-bond acceptors (Lipinski definition) is 3. The van der Waals surface area contributed by atoms with E-state index in [9.17, 15) is 9.59 Å². The lowest BCUT2D eigenvalue weighted by Gasteiger charge is -2.27. The summed E-state index contributed by atoms with van der Waals surface area (Å²) < 4.78 is 5.17. The summed E-state index contributed by atoms with van der Waals surface area (Å²) in [5.41, 5.74) is -0.560. The molecule has 1 N–H and O–H groups in total. The van der Waals surface area contributed by atoms with Gasteiger partial charge in [-0.25, -0.2) is 9.59 Å². The second kappa shape index (κ2) is 6.30. The zero-order chi connectivity index (χ0) is 12.8. The number of aliphatic carboxylic acids is 1. The molecule has 0 spiro atoms. The lowest BCUT2D eigenvalue weighted by Crippen LogP contribution is -2.29. The zero-order valence-corrected chi connectivity index (χ0v) is 10.3. The molecule has 0 fully saturated rings. The van der Waals surface area contributed by atoms with Crippen molar-refractivity contribution in [3.05, 3.63) is 12.2 Å². The molecule has 0 saturated heterocycles. The van der Waals surface area contributed by atoms with E-state index in [0.29, 0.717) is 5.92 Å². The van der Waals surface area contributed by atoms with Gasteiger partial charge >= 0.3 is 11.9 Å². The third-order valence-corrected chi connectivity index (χ3v) is 2.28. The Morgan fingerprint density at radius 2 is 1.94 bits per heavy atom. The fourth-order valence-electron chi connectivity index (χ4n) is 1.47. The fourth-order valence-corrected chi connectivity index (χ4v) is 1.47. The van der Waals surface area contributed by atoms with Crippen LogP contribution >= 0.6 is 0 Å². The second-order valence-corrected chi connectivity index (χ2v) is 4.57. The fraction of sp³-hybridized carbons (Fsp3) is 0.667. The smallest absolute Gasteiger partial charge is 0.331 e.